The number of aromatic amines is 1. The Morgan fingerprint density at radius 3 is 3.00 bits per heavy atom. The van der Waals surface area contributed by atoms with Gasteiger partial charge < -0.3 is 4.90 Å². The molecule has 1 aliphatic heterocycles. The van der Waals surface area contributed by atoms with E-state index in [9.17, 15) is 10.1 Å². The Bertz CT molecular complexity index is 864. The molecule has 3 heterocycles. The van der Waals surface area contributed by atoms with Crippen molar-refractivity contribution >= 4 is 22.3 Å². The number of anilines is 1. The van der Waals surface area contributed by atoms with Crippen LogP contribution in [-0.4, -0.2) is 38.2 Å². The van der Waals surface area contributed by atoms with Gasteiger partial charge in [-0.2, -0.15) is 5.10 Å². The lowest BCUT2D eigenvalue weighted by atomic mass is 10.1. The van der Waals surface area contributed by atoms with Crippen molar-refractivity contribution in [3.05, 3.63) is 52.7 Å². The lowest BCUT2D eigenvalue weighted by Crippen LogP contribution is -2.20. The average Bonchev–Trinajstić information content (AvgIpc) is 3.24. The molecule has 3 aromatic rings. The van der Waals surface area contributed by atoms with Crippen molar-refractivity contribution in [3.63, 3.8) is 0 Å². The number of fused-ring (bicyclic) bond motifs is 1. The summed E-state index contributed by atoms with van der Waals surface area (Å²) < 4.78 is 0. The van der Waals surface area contributed by atoms with Gasteiger partial charge in [0, 0.05) is 31.3 Å². The highest BCUT2D eigenvalue weighted by atomic mass is 16.6. The van der Waals surface area contributed by atoms with Crippen molar-refractivity contribution in [2.24, 2.45) is 0 Å². The van der Waals surface area contributed by atoms with Crippen LogP contribution in [0.5, 0.6) is 0 Å². The average molecular weight is 310 g/mol. The Labute approximate surface area is 131 Å². The summed E-state index contributed by atoms with van der Waals surface area (Å²) in [5.41, 5.74) is 1.68. The van der Waals surface area contributed by atoms with Crippen LogP contribution in [0.25, 0.3) is 10.9 Å². The van der Waals surface area contributed by atoms with Crippen molar-refractivity contribution in [2.45, 2.75) is 12.3 Å². The molecule has 1 aliphatic rings. The highest BCUT2D eigenvalue weighted by molar-refractivity contribution is 5.97. The van der Waals surface area contributed by atoms with E-state index in [0.717, 1.165) is 31.0 Å². The van der Waals surface area contributed by atoms with Crippen molar-refractivity contribution in [2.75, 3.05) is 18.0 Å². The van der Waals surface area contributed by atoms with E-state index in [0.29, 0.717) is 10.9 Å². The number of aromatic nitrogens is 4. The van der Waals surface area contributed by atoms with Gasteiger partial charge in [-0.25, -0.2) is 4.98 Å². The third-order valence-corrected chi connectivity index (χ3v) is 4.27. The summed E-state index contributed by atoms with van der Waals surface area (Å²) in [4.78, 5) is 21.6. The Hall–Kier alpha value is -3.03. The zero-order valence-electron chi connectivity index (χ0n) is 12.2. The number of benzene rings is 1. The Morgan fingerprint density at radius 1 is 1.30 bits per heavy atom. The number of H-pyrrole nitrogens is 1. The molecular weight excluding hydrogens is 296 g/mol. The molecule has 1 aromatic carbocycles. The third-order valence-electron chi connectivity index (χ3n) is 4.27. The van der Waals surface area contributed by atoms with E-state index in [1.54, 1.807) is 30.5 Å². The number of hydrogen-bond donors (Lipinski definition) is 1. The van der Waals surface area contributed by atoms with Crippen LogP contribution in [0.15, 0.2) is 36.8 Å². The molecule has 8 heteroatoms. The Balaban J connectivity index is 1.73. The maximum atomic E-state index is 11.2. The number of pyridine rings is 1. The van der Waals surface area contributed by atoms with Gasteiger partial charge in [0.05, 0.1) is 16.0 Å². The van der Waals surface area contributed by atoms with Crippen LogP contribution in [0.1, 0.15) is 18.2 Å². The molecule has 2 aromatic heterocycles. The predicted octanol–water partition coefficient (Wildman–Crippen LogP) is 2.25. The number of rotatable bonds is 3. The summed E-state index contributed by atoms with van der Waals surface area (Å²) in [5.74, 6) is 1.16. The highest BCUT2D eigenvalue weighted by Crippen LogP contribution is 2.35. The first-order valence-electron chi connectivity index (χ1n) is 7.36. The van der Waals surface area contributed by atoms with Gasteiger partial charge in [-0.3, -0.25) is 20.2 Å². The van der Waals surface area contributed by atoms with Crippen LogP contribution in [0.4, 0.5) is 11.4 Å². The van der Waals surface area contributed by atoms with Crippen LogP contribution in [0, 0.1) is 10.1 Å². The second-order valence-electron chi connectivity index (χ2n) is 5.56. The molecule has 8 nitrogen and oxygen atoms in total. The van der Waals surface area contributed by atoms with E-state index in [-0.39, 0.29) is 16.5 Å². The minimum Gasteiger partial charge on any atom is -0.369 e. The summed E-state index contributed by atoms with van der Waals surface area (Å²) in [5, 5.41) is 18.6. The zero-order chi connectivity index (χ0) is 15.8. The molecule has 0 bridgehead atoms. The van der Waals surface area contributed by atoms with E-state index in [2.05, 4.69) is 25.1 Å². The summed E-state index contributed by atoms with van der Waals surface area (Å²) >= 11 is 0. The van der Waals surface area contributed by atoms with E-state index in [4.69, 9.17) is 0 Å². The summed E-state index contributed by atoms with van der Waals surface area (Å²) in [6.07, 6.45) is 4.14. The first-order chi connectivity index (χ1) is 11.2. The summed E-state index contributed by atoms with van der Waals surface area (Å²) in [7, 11) is 0. The normalized spacial score (nSPS) is 17.7. The van der Waals surface area contributed by atoms with Gasteiger partial charge in [-0.1, -0.05) is 0 Å². The second kappa shape index (κ2) is 5.31. The molecule has 116 valence electrons. The standard InChI is InChI=1S/C15H14N6O2/c22-21(23)12-3-4-13(14-11(12)2-1-6-16-14)20-7-5-10(8-20)15-17-9-18-19-15/h1-4,6,9-10H,5,7-8H2,(H,17,18,19). The highest BCUT2D eigenvalue weighted by Gasteiger charge is 2.28. The summed E-state index contributed by atoms with van der Waals surface area (Å²) in [6, 6.07) is 6.81. The van der Waals surface area contributed by atoms with Gasteiger partial charge in [0.25, 0.3) is 5.69 Å². The van der Waals surface area contributed by atoms with Gasteiger partial charge in [-0.15, -0.1) is 0 Å². The molecule has 23 heavy (non-hydrogen) atoms. The molecule has 4 rings (SSSR count). The van der Waals surface area contributed by atoms with Crippen LogP contribution in [0.3, 0.4) is 0 Å². The third kappa shape index (κ3) is 2.28. The first-order valence-corrected chi connectivity index (χ1v) is 7.36. The Morgan fingerprint density at radius 2 is 2.22 bits per heavy atom. The number of nitro benzene ring substituents is 1. The number of nitro groups is 1. The molecule has 0 spiro atoms. The fourth-order valence-corrected chi connectivity index (χ4v) is 3.17. The number of non-ortho nitro benzene ring substituents is 1. The maximum Gasteiger partial charge on any atom is 0.278 e. The molecule has 0 saturated carbocycles. The predicted molar refractivity (Wildman–Crippen MR) is 84.4 cm³/mol. The van der Waals surface area contributed by atoms with Crippen LogP contribution in [-0.2, 0) is 0 Å². The van der Waals surface area contributed by atoms with Gasteiger partial charge in [0.1, 0.15) is 17.7 Å². The van der Waals surface area contributed by atoms with Gasteiger partial charge in [-0.05, 0) is 24.6 Å². The molecular formula is C15H14N6O2. The van der Waals surface area contributed by atoms with Crippen molar-refractivity contribution in [3.8, 4) is 0 Å². The smallest absolute Gasteiger partial charge is 0.278 e. The van der Waals surface area contributed by atoms with Gasteiger partial charge in [0.15, 0.2) is 0 Å². The summed E-state index contributed by atoms with van der Waals surface area (Å²) in [6.45, 7) is 1.65. The fourth-order valence-electron chi connectivity index (χ4n) is 3.17. The molecule has 1 saturated heterocycles. The largest absolute Gasteiger partial charge is 0.369 e. The van der Waals surface area contributed by atoms with E-state index in [1.165, 1.54) is 6.33 Å². The van der Waals surface area contributed by atoms with E-state index in [1.807, 2.05) is 0 Å². The quantitative estimate of drug-likeness (QED) is 0.588. The number of nitrogens with zero attached hydrogens (tertiary/aromatic N) is 5. The monoisotopic (exact) mass is 310 g/mol. The zero-order valence-corrected chi connectivity index (χ0v) is 12.2. The lowest BCUT2D eigenvalue weighted by molar-refractivity contribution is -0.383. The molecule has 1 fully saturated rings. The molecule has 1 unspecified atom stereocenters. The molecule has 1 N–H and O–H groups in total. The molecule has 1 atom stereocenters. The van der Waals surface area contributed by atoms with Gasteiger partial charge in [0.2, 0.25) is 0 Å². The molecule has 0 amide bonds. The van der Waals surface area contributed by atoms with Crippen molar-refractivity contribution in [1.29, 1.82) is 0 Å². The van der Waals surface area contributed by atoms with Crippen molar-refractivity contribution < 1.29 is 4.92 Å². The topological polar surface area (TPSA) is 101 Å². The second-order valence-corrected chi connectivity index (χ2v) is 5.56. The van der Waals surface area contributed by atoms with E-state index >= 15 is 0 Å². The molecule has 0 aliphatic carbocycles. The van der Waals surface area contributed by atoms with Crippen molar-refractivity contribution in [1.82, 2.24) is 20.2 Å². The Kier molecular flexibility index (Phi) is 3.14. The fraction of sp³-hybridized carbons (Fsp3) is 0.267. The SMILES string of the molecule is O=[N+]([O-])c1ccc(N2CCC(c3ncn[nH]3)C2)c2ncccc12. The maximum absolute atomic E-state index is 11.2. The van der Waals surface area contributed by atoms with Crippen LogP contribution >= 0.6 is 0 Å². The van der Waals surface area contributed by atoms with Gasteiger partial charge >= 0.3 is 0 Å². The van der Waals surface area contributed by atoms with Crippen LogP contribution < -0.4 is 4.90 Å². The lowest BCUT2D eigenvalue weighted by Gasteiger charge is -2.19. The van der Waals surface area contributed by atoms with Crippen LogP contribution in [0.2, 0.25) is 0 Å². The minimum atomic E-state index is -0.366. The van der Waals surface area contributed by atoms with E-state index < -0.39 is 0 Å². The first kappa shape index (κ1) is 13.6. The molecule has 0 radical (unpaired) electrons. The number of nitrogens with one attached hydrogen (secondary N) is 1. The minimum absolute atomic E-state index is 0.0860. The number of hydrogen-bond acceptors (Lipinski definition) is 6.